The lowest BCUT2D eigenvalue weighted by Crippen LogP contribution is -2.19. The van der Waals surface area contributed by atoms with E-state index in [1.807, 2.05) is 24.3 Å². The Bertz CT molecular complexity index is 750. The van der Waals surface area contributed by atoms with Gasteiger partial charge in [-0.2, -0.15) is 0 Å². The molecule has 0 heterocycles. The molecule has 2 amide bonds. The zero-order chi connectivity index (χ0) is 18.8. The molecule has 0 atom stereocenters. The third-order valence-corrected chi connectivity index (χ3v) is 3.73. The summed E-state index contributed by atoms with van der Waals surface area (Å²) in [6, 6.07) is 14.9. The van der Waals surface area contributed by atoms with Crippen LogP contribution < -0.4 is 15.8 Å². The van der Waals surface area contributed by atoms with E-state index in [0.29, 0.717) is 5.75 Å². The fourth-order valence-electron chi connectivity index (χ4n) is 2.32. The molecule has 0 spiro atoms. The van der Waals surface area contributed by atoms with Crippen LogP contribution in [0.1, 0.15) is 30.9 Å². The lowest BCUT2D eigenvalue weighted by Gasteiger charge is -2.05. The molecule has 136 valence electrons. The number of rotatable bonds is 9. The highest BCUT2D eigenvalue weighted by molar-refractivity contribution is 6.01. The van der Waals surface area contributed by atoms with E-state index in [1.165, 1.54) is 24.5 Å². The Morgan fingerprint density at radius 3 is 2.38 bits per heavy atom. The quantitative estimate of drug-likeness (QED) is 0.677. The highest BCUT2D eigenvalue weighted by atomic mass is 16.5. The molecule has 5 heteroatoms. The van der Waals surface area contributed by atoms with Crippen LogP contribution in [-0.4, -0.2) is 18.4 Å². The van der Waals surface area contributed by atoms with Crippen molar-refractivity contribution >= 4 is 23.6 Å². The summed E-state index contributed by atoms with van der Waals surface area (Å²) in [6.07, 6.45) is 6.58. The lowest BCUT2D eigenvalue weighted by atomic mass is 10.1. The Balaban J connectivity index is 1.85. The predicted octanol–water partition coefficient (Wildman–Crippen LogP) is 3.55. The summed E-state index contributed by atoms with van der Waals surface area (Å²) < 4.78 is 5.18. The Kier molecular flexibility index (Phi) is 7.43. The summed E-state index contributed by atoms with van der Waals surface area (Å²) in [5.41, 5.74) is 7.92. The molecule has 2 aromatic rings. The third kappa shape index (κ3) is 6.81. The molecule has 26 heavy (non-hydrogen) atoms. The zero-order valence-corrected chi connectivity index (χ0v) is 14.9. The summed E-state index contributed by atoms with van der Waals surface area (Å²) in [6.45, 7) is 2.01. The second-order valence-corrected chi connectivity index (χ2v) is 5.95. The van der Waals surface area contributed by atoms with Gasteiger partial charge < -0.3 is 15.8 Å². The number of aryl methyl sites for hydroxylation is 1. The second-order valence-electron chi connectivity index (χ2n) is 5.95. The average molecular weight is 352 g/mol. The van der Waals surface area contributed by atoms with Gasteiger partial charge in [-0.1, -0.05) is 37.6 Å². The van der Waals surface area contributed by atoms with E-state index in [4.69, 9.17) is 10.5 Å². The molecule has 0 radical (unpaired) electrons. The van der Waals surface area contributed by atoms with E-state index < -0.39 is 5.91 Å². The van der Waals surface area contributed by atoms with Crippen molar-refractivity contribution in [1.82, 2.24) is 0 Å². The number of primary amides is 1. The number of anilines is 1. The smallest absolute Gasteiger partial charge is 0.255 e. The molecule has 0 aliphatic heterocycles. The molecule has 2 aromatic carbocycles. The lowest BCUT2D eigenvalue weighted by molar-refractivity contribution is -0.120. The number of amides is 2. The fraction of sp³-hybridized carbons (Fsp3) is 0.238. The Labute approximate surface area is 153 Å². The maximum atomic E-state index is 12.0. The van der Waals surface area contributed by atoms with Crippen LogP contribution in [-0.2, 0) is 16.0 Å². The third-order valence-electron chi connectivity index (χ3n) is 3.73. The van der Waals surface area contributed by atoms with E-state index in [2.05, 4.69) is 12.2 Å². The molecule has 0 aromatic heterocycles. The molecule has 0 saturated heterocycles. The van der Waals surface area contributed by atoms with Crippen LogP contribution in [0.3, 0.4) is 0 Å². The van der Waals surface area contributed by atoms with Crippen molar-refractivity contribution in [3.05, 3.63) is 65.7 Å². The topological polar surface area (TPSA) is 81.4 Å². The number of nitrogens with two attached hydrogens (primary N) is 1. The van der Waals surface area contributed by atoms with Crippen LogP contribution in [0.5, 0.6) is 5.75 Å². The largest absolute Gasteiger partial charge is 0.484 e. The van der Waals surface area contributed by atoms with Crippen LogP contribution in [0, 0.1) is 0 Å². The SMILES string of the molecule is CCCCc1ccc(NC(=O)C=Cc2ccc(OCC(N)=O)cc2)cc1. The van der Waals surface area contributed by atoms with Crippen molar-refractivity contribution in [3.8, 4) is 5.75 Å². The molecule has 0 unspecified atom stereocenters. The molecule has 0 aliphatic rings. The van der Waals surface area contributed by atoms with E-state index >= 15 is 0 Å². The van der Waals surface area contributed by atoms with Gasteiger partial charge >= 0.3 is 0 Å². The van der Waals surface area contributed by atoms with Crippen LogP contribution >= 0.6 is 0 Å². The number of carbonyl (C=O) groups excluding carboxylic acids is 2. The Morgan fingerprint density at radius 2 is 1.77 bits per heavy atom. The standard InChI is InChI=1S/C21H24N2O3/c1-2-3-4-16-5-10-18(11-6-16)23-21(25)14-9-17-7-12-19(13-8-17)26-15-20(22)24/h5-14H,2-4,15H2,1H3,(H2,22,24)(H,23,25). The highest BCUT2D eigenvalue weighted by Gasteiger charge is 2.00. The van der Waals surface area contributed by atoms with Crippen molar-refractivity contribution in [2.75, 3.05) is 11.9 Å². The highest BCUT2D eigenvalue weighted by Crippen LogP contribution is 2.14. The Morgan fingerprint density at radius 1 is 1.08 bits per heavy atom. The number of benzene rings is 2. The van der Waals surface area contributed by atoms with Crippen LogP contribution in [0.2, 0.25) is 0 Å². The van der Waals surface area contributed by atoms with Crippen LogP contribution in [0.15, 0.2) is 54.6 Å². The number of carbonyl (C=O) groups is 2. The molecular weight excluding hydrogens is 328 g/mol. The van der Waals surface area contributed by atoms with Gasteiger partial charge in [0.1, 0.15) is 5.75 Å². The maximum Gasteiger partial charge on any atom is 0.255 e. The van der Waals surface area contributed by atoms with Crippen LogP contribution in [0.25, 0.3) is 6.08 Å². The van der Waals surface area contributed by atoms with Gasteiger partial charge in [0, 0.05) is 11.8 Å². The Hall–Kier alpha value is -3.08. The first-order valence-electron chi connectivity index (χ1n) is 8.66. The normalized spacial score (nSPS) is 10.7. The number of ether oxygens (including phenoxy) is 1. The monoisotopic (exact) mass is 352 g/mol. The summed E-state index contributed by atoms with van der Waals surface area (Å²) in [5, 5.41) is 2.84. The van der Waals surface area contributed by atoms with Crippen molar-refractivity contribution in [2.24, 2.45) is 5.73 Å². The summed E-state index contributed by atoms with van der Waals surface area (Å²) in [4.78, 5) is 22.7. The van der Waals surface area contributed by atoms with Crippen molar-refractivity contribution in [3.63, 3.8) is 0 Å². The van der Waals surface area contributed by atoms with Gasteiger partial charge in [-0.15, -0.1) is 0 Å². The number of hydrogen-bond donors (Lipinski definition) is 2. The maximum absolute atomic E-state index is 12.0. The van der Waals surface area contributed by atoms with Gasteiger partial charge in [-0.25, -0.2) is 0 Å². The van der Waals surface area contributed by atoms with Gasteiger partial charge in [0.2, 0.25) is 5.91 Å². The summed E-state index contributed by atoms with van der Waals surface area (Å²) >= 11 is 0. The molecule has 0 fully saturated rings. The average Bonchev–Trinajstić information content (AvgIpc) is 2.65. The second kappa shape index (κ2) is 10.0. The first-order chi connectivity index (χ1) is 12.6. The molecule has 0 saturated carbocycles. The molecular formula is C21H24N2O3. The van der Waals surface area contributed by atoms with Gasteiger partial charge in [0.05, 0.1) is 0 Å². The van der Waals surface area contributed by atoms with E-state index in [1.54, 1.807) is 30.3 Å². The molecule has 0 bridgehead atoms. The minimum atomic E-state index is -0.524. The predicted molar refractivity (Wildman–Crippen MR) is 104 cm³/mol. The molecule has 2 rings (SSSR count). The van der Waals surface area contributed by atoms with Crippen LogP contribution in [0.4, 0.5) is 5.69 Å². The molecule has 5 nitrogen and oxygen atoms in total. The van der Waals surface area contributed by atoms with Crippen molar-refractivity contribution in [1.29, 1.82) is 0 Å². The minimum Gasteiger partial charge on any atom is -0.484 e. The summed E-state index contributed by atoms with van der Waals surface area (Å²) in [5.74, 6) is -0.169. The fourth-order valence-corrected chi connectivity index (χ4v) is 2.32. The van der Waals surface area contributed by atoms with Gasteiger partial charge in [-0.3, -0.25) is 9.59 Å². The molecule has 0 aliphatic carbocycles. The van der Waals surface area contributed by atoms with E-state index in [0.717, 1.165) is 17.7 Å². The summed E-state index contributed by atoms with van der Waals surface area (Å²) in [7, 11) is 0. The van der Waals surface area contributed by atoms with E-state index in [9.17, 15) is 9.59 Å². The van der Waals surface area contributed by atoms with Gasteiger partial charge in [0.25, 0.3) is 5.91 Å². The molecule has 3 N–H and O–H groups in total. The zero-order valence-electron chi connectivity index (χ0n) is 14.9. The van der Waals surface area contributed by atoms with Gasteiger partial charge in [0.15, 0.2) is 6.61 Å². The van der Waals surface area contributed by atoms with Gasteiger partial charge in [-0.05, 0) is 54.3 Å². The van der Waals surface area contributed by atoms with E-state index in [-0.39, 0.29) is 12.5 Å². The first kappa shape index (κ1) is 19.2. The number of hydrogen-bond acceptors (Lipinski definition) is 3. The minimum absolute atomic E-state index is 0.158. The first-order valence-corrected chi connectivity index (χ1v) is 8.66. The van der Waals surface area contributed by atoms with Crippen molar-refractivity contribution < 1.29 is 14.3 Å². The number of nitrogens with one attached hydrogen (secondary N) is 1. The number of unbranched alkanes of at least 4 members (excludes halogenated alkanes) is 1. The van der Waals surface area contributed by atoms with Crippen molar-refractivity contribution in [2.45, 2.75) is 26.2 Å².